The Morgan fingerprint density at radius 2 is 2.46 bits per heavy atom. The molecule has 0 aliphatic heterocycles. The first-order valence-corrected chi connectivity index (χ1v) is 4.05. The Labute approximate surface area is 75.1 Å². The number of hydrogen-bond donors (Lipinski definition) is 1. The van der Waals surface area contributed by atoms with Gasteiger partial charge < -0.3 is 10.3 Å². The topological polar surface area (TPSA) is 69.9 Å². The Morgan fingerprint density at radius 3 is 3.08 bits per heavy atom. The van der Waals surface area contributed by atoms with Crippen LogP contribution in [0.4, 0.5) is 5.88 Å². The summed E-state index contributed by atoms with van der Waals surface area (Å²) >= 11 is 0. The van der Waals surface area contributed by atoms with Gasteiger partial charge in [-0.25, -0.2) is 0 Å². The van der Waals surface area contributed by atoms with Gasteiger partial charge in [-0.15, -0.1) is 0 Å². The monoisotopic (exact) mass is 178 g/mol. The van der Waals surface area contributed by atoms with Gasteiger partial charge in [0.1, 0.15) is 5.69 Å². The molecule has 0 bridgehead atoms. The van der Waals surface area contributed by atoms with Crippen LogP contribution < -0.4 is 5.73 Å². The highest BCUT2D eigenvalue weighted by Crippen LogP contribution is 2.19. The highest BCUT2D eigenvalue weighted by atomic mass is 16.5. The molecule has 0 atom stereocenters. The maximum Gasteiger partial charge on any atom is 0.222 e. The van der Waals surface area contributed by atoms with Crippen molar-refractivity contribution < 1.29 is 4.52 Å². The van der Waals surface area contributed by atoms with Crippen molar-refractivity contribution in [3.63, 3.8) is 0 Å². The minimum absolute atomic E-state index is 0.318. The zero-order chi connectivity index (χ0) is 9.26. The third-order valence-corrected chi connectivity index (χ3v) is 1.81. The molecular weight excluding hydrogens is 168 g/mol. The van der Waals surface area contributed by atoms with Crippen LogP contribution in [0.15, 0.2) is 22.9 Å². The van der Waals surface area contributed by atoms with Crippen LogP contribution in [-0.4, -0.2) is 14.9 Å². The fourth-order valence-electron chi connectivity index (χ4n) is 1.21. The van der Waals surface area contributed by atoms with Crippen LogP contribution in [0.2, 0.25) is 0 Å². The lowest BCUT2D eigenvalue weighted by Crippen LogP contribution is -1.98. The summed E-state index contributed by atoms with van der Waals surface area (Å²) in [5.41, 5.74) is 7.06. The summed E-state index contributed by atoms with van der Waals surface area (Å²) in [7, 11) is 0. The Balaban J connectivity index is 2.45. The van der Waals surface area contributed by atoms with Crippen molar-refractivity contribution in [1.82, 2.24) is 14.9 Å². The summed E-state index contributed by atoms with van der Waals surface area (Å²) in [5.74, 6) is 0.318. The molecule has 0 fully saturated rings. The van der Waals surface area contributed by atoms with E-state index in [4.69, 9.17) is 10.3 Å². The van der Waals surface area contributed by atoms with Crippen LogP contribution in [-0.2, 0) is 6.54 Å². The third-order valence-electron chi connectivity index (χ3n) is 1.81. The fourth-order valence-corrected chi connectivity index (χ4v) is 1.21. The first-order chi connectivity index (χ1) is 6.31. The lowest BCUT2D eigenvalue weighted by atomic mass is 10.3. The van der Waals surface area contributed by atoms with E-state index in [2.05, 4.69) is 10.3 Å². The minimum atomic E-state index is 0.318. The maximum atomic E-state index is 5.42. The van der Waals surface area contributed by atoms with Crippen LogP contribution in [0, 0.1) is 0 Å². The molecule has 5 nitrogen and oxygen atoms in total. The van der Waals surface area contributed by atoms with Crippen LogP contribution in [0.3, 0.4) is 0 Å². The van der Waals surface area contributed by atoms with Gasteiger partial charge in [0.05, 0.1) is 5.69 Å². The zero-order valence-corrected chi connectivity index (χ0v) is 7.27. The molecule has 0 spiro atoms. The fraction of sp³-hybridized carbons (Fsp3) is 0.250. The summed E-state index contributed by atoms with van der Waals surface area (Å²) < 4.78 is 6.61. The average molecular weight is 178 g/mol. The van der Waals surface area contributed by atoms with Crippen LogP contribution in [0.1, 0.15) is 6.92 Å². The Morgan fingerprint density at radius 1 is 1.62 bits per heavy atom. The van der Waals surface area contributed by atoms with Crippen LogP contribution >= 0.6 is 0 Å². The second-order valence-corrected chi connectivity index (χ2v) is 2.65. The lowest BCUT2D eigenvalue weighted by molar-refractivity contribution is 0.438. The molecular formula is C8H10N4O. The molecule has 2 rings (SSSR count). The summed E-state index contributed by atoms with van der Waals surface area (Å²) in [4.78, 5) is 0. The SMILES string of the molecule is CCn1nccc1-c1cc(N)on1. The third kappa shape index (κ3) is 1.28. The van der Waals surface area contributed by atoms with E-state index in [1.807, 2.05) is 17.7 Å². The molecule has 2 aromatic rings. The van der Waals surface area contributed by atoms with E-state index in [0.29, 0.717) is 5.88 Å². The van der Waals surface area contributed by atoms with Gasteiger partial charge in [0.25, 0.3) is 0 Å². The number of nitrogens with two attached hydrogens (primary N) is 1. The van der Waals surface area contributed by atoms with Gasteiger partial charge in [0, 0.05) is 18.8 Å². The zero-order valence-electron chi connectivity index (χ0n) is 7.27. The number of nitrogens with zero attached hydrogens (tertiary/aromatic N) is 3. The van der Waals surface area contributed by atoms with E-state index in [0.717, 1.165) is 17.9 Å². The quantitative estimate of drug-likeness (QED) is 0.748. The van der Waals surface area contributed by atoms with Gasteiger partial charge >= 0.3 is 0 Å². The second-order valence-electron chi connectivity index (χ2n) is 2.65. The first-order valence-electron chi connectivity index (χ1n) is 4.05. The van der Waals surface area contributed by atoms with Gasteiger partial charge in [-0.2, -0.15) is 5.10 Å². The molecule has 0 aliphatic carbocycles. The Bertz CT molecular complexity index is 404. The summed E-state index contributed by atoms with van der Waals surface area (Å²) in [6.07, 6.45) is 1.73. The van der Waals surface area contributed by atoms with Crippen molar-refractivity contribution >= 4 is 5.88 Å². The molecule has 2 aromatic heterocycles. The summed E-state index contributed by atoms with van der Waals surface area (Å²) in [6, 6.07) is 3.56. The van der Waals surface area contributed by atoms with Gasteiger partial charge in [0.15, 0.2) is 0 Å². The number of aromatic nitrogens is 3. The van der Waals surface area contributed by atoms with Gasteiger partial charge in [-0.1, -0.05) is 5.16 Å². The van der Waals surface area contributed by atoms with Crippen LogP contribution in [0.5, 0.6) is 0 Å². The van der Waals surface area contributed by atoms with E-state index in [1.165, 1.54) is 0 Å². The van der Waals surface area contributed by atoms with Gasteiger partial charge in [0.2, 0.25) is 5.88 Å². The number of hydrogen-bond acceptors (Lipinski definition) is 4. The molecule has 13 heavy (non-hydrogen) atoms. The Hall–Kier alpha value is -1.78. The van der Waals surface area contributed by atoms with E-state index in [1.54, 1.807) is 12.3 Å². The molecule has 2 heterocycles. The average Bonchev–Trinajstić information content (AvgIpc) is 2.71. The largest absolute Gasteiger partial charge is 0.368 e. The number of rotatable bonds is 2. The number of anilines is 1. The lowest BCUT2D eigenvalue weighted by Gasteiger charge is -1.98. The van der Waals surface area contributed by atoms with Crippen molar-refractivity contribution in [2.45, 2.75) is 13.5 Å². The van der Waals surface area contributed by atoms with Gasteiger partial charge in [-0.05, 0) is 13.0 Å². The van der Waals surface area contributed by atoms with Crippen molar-refractivity contribution in [3.8, 4) is 11.4 Å². The molecule has 0 amide bonds. The van der Waals surface area contributed by atoms with Crippen molar-refractivity contribution in [3.05, 3.63) is 18.3 Å². The van der Waals surface area contributed by atoms with Gasteiger partial charge in [-0.3, -0.25) is 4.68 Å². The standard InChI is InChI=1S/C8H10N4O/c1-2-12-7(3-4-10-12)6-5-8(9)13-11-6/h3-5H,2,9H2,1H3. The van der Waals surface area contributed by atoms with Crippen molar-refractivity contribution in [1.29, 1.82) is 0 Å². The normalized spacial score (nSPS) is 10.5. The van der Waals surface area contributed by atoms with Crippen molar-refractivity contribution in [2.24, 2.45) is 0 Å². The van der Waals surface area contributed by atoms with E-state index >= 15 is 0 Å². The Kier molecular flexibility index (Phi) is 1.77. The molecule has 5 heteroatoms. The smallest absolute Gasteiger partial charge is 0.222 e. The summed E-state index contributed by atoms with van der Waals surface area (Å²) in [5, 5.41) is 7.92. The van der Waals surface area contributed by atoms with E-state index < -0.39 is 0 Å². The minimum Gasteiger partial charge on any atom is -0.368 e. The molecule has 0 radical (unpaired) electrons. The molecule has 2 N–H and O–H groups in total. The van der Waals surface area contributed by atoms with Crippen LogP contribution in [0.25, 0.3) is 11.4 Å². The number of nitrogen functional groups attached to an aromatic ring is 1. The first kappa shape index (κ1) is 7.85. The molecule has 0 aromatic carbocycles. The molecule has 0 saturated carbocycles. The molecule has 0 saturated heterocycles. The number of aryl methyl sites for hydroxylation is 1. The van der Waals surface area contributed by atoms with E-state index in [9.17, 15) is 0 Å². The predicted octanol–water partition coefficient (Wildman–Crippen LogP) is 1.14. The highest BCUT2D eigenvalue weighted by Gasteiger charge is 2.08. The molecule has 0 unspecified atom stereocenters. The summed E-state index contributed by atoms with van der Waals surface area (Å²) in [6.45, 7) is 2.81. The predicted molar refractivity (Wildman–Crippen MR) is 47.8 cm³/mol. The second kappa shape index (κ2) is 2.93. The molecule has 0 aliphatic rings. The van der Waals surface area contributed by atoms with E-state index in [-0.39, 0.29) is 0 Å². The maximum absolute atomic E-state index is 5.42. The van der Waals surface area contributed by atoms with Crippen molar-refractivity contribution in [2.75, 3.05) is 5.73 Å². The molecule has 68 valence electrons. The highest BCUT2D eigenvalue weighted by molar-refractivity contribution is 5.56.